The van der Waals surface area contributed by atoms with Crippen molar-refractivity contribution >= 4 is 54.3 Å². The number of furan rings is 1. The van der Waals surface area contributed by atoms with Gasteiger partial charge in [0.05, 0.1) is 7.11 Å². The van der Waals surface area contributed by atoms with Crippen molar-refractivity contribution in [2.45, 2.75) is 0 Å². The SMILES string of the molecule is COc1cc2c3cccc4oc5cccc(c2c2ccccc12)c5c43. The van der Waals surface area contributed by atoms with Crippen LogP contribution in [0.3, 0.4) is 0 Å². The zero-order chi connectivity index (χ0) is 16.5. The molecule has 0 bridgehead atoms. The van der Waals surface area contributed by atoms with Crippen LogP contribution in [0.4, 0.5) is 0 Å². The molecule has 0 saturated heterocycles. The number of hydrogen-bond donors (Lipinski definition) is 0. The Kier molecular flexibility index (Phi) is 2.31. The van der Waals surface area contributed by atoms with Crippen LogP contribution < -0.4 is 4.74 Å². The highest BCUT2D eigenvalue weighted by Gasteiger charge is 2.19. The molecule has 2 heteroatoms. The molecular weight excluding hydrogens is 308 g/mol. The Balaban J connectivity index is 2.08. The van der Waals surface area contributed by atoms with E-state index in [1.165, 1.54) is 37.7 Å². The lowest BCUT2D eigenvalue weighted by Crippen LogP contribution is -1.89. The molecule has 0 fully saturated rings. The molecule has 1 aromatic heterocycles. The first-order valence-corrected chi connectivity index (χ1v) is 8.41. The Morgan fingerprint density at radius 1 is 0.600 bits per heavy atom. The first-order valence-electron chi connectivity index (χ1n) is 8.41. The summed E-state index contributed by atoms with van der Waals surface area (Å²) in [5, 5.41) is 9.71. The lowest BCUT2D eigenvalue weighted by molar-refractivity contribution is 0.420. The molecule has 0 radical (unpaired) electrons. The minimum atomic E-state index is 0.908. The molecule has 5 aromatic carbocycles. The number of rotatable bonds is 1. The first-order chi connectivity index (χ1) is 12.4. The predicted octanol–water partition coefficient (Wildman–Crippen LogP) is 6.49. The van der Waals surface area contributed by atoms with E-state index in [0.717, 1.165) is 22.3 Å². The fourth-order valence-corrected chi connectivity index (χ4v) is 4.31. The molecule has 1 heterocycles. The normalized spacial score (nSPS) is 12.2. The molecule has 6 aromatic rings. The van der Waals surface area contributed by atoms with Gasteiger partial charge in [0.15, 0.2) is 0 Å². The van der Waals surface area contributed by atoms with E-state index in [1.807, 2.05) is 6.07 Å². The summed E-state index contributed by atoms with van der Waals surface area (Å²) in [6.45, 7) is 0. The van der Waals surface area contributed by atoms with E-state index < -0.39 is 0 Å². The van der Waals surface area contributed by atoms with Crippen molar-refractivity contribution in [1.82, 2.24) is 0 Å². The van der Waals surface area contributed by atoms with Gasteiger partial charge in [0.25, 0.3) is 0 Å². The van der Waals surface area contributed by atoms with Gasteiger partial charge in [-0.3, -0.25) is 0 Å². The van der Waals surface area contributed by atoms with Crippen molar-refractivity contribution in [2.24, 2.45) is 0 Å². The number of methoxy groups -OCH3 is 1. The third kappa shape index (κ3) is 1.50. The van der Waals surface area contributed by atoms with Gasteiger partial charge < -0.3 is 9.15 Å². The minimum absolute atomic E-state index is 0.908. The summed E-state index contributed by atoms with van der Waals surface area (Å²) >= 11 is 0. The monoisotopic (exact) mass is 322 g/mol. The fourth-order valence-electron chi connectivity index (χ4n) is 4.31. The van der Waals surface area contributed by atoms with Gasteiger partial charge in [-0.2, -0.15) is 0 Å². The Morgan fingerprint density at radius 2 is 1.20 bits per heavy atom. The summed E-state index contributed by atoms with van der Waals surface area (Å²) in [7, 11) is 1.74. The van der Waals surface area contributed by atoms with E-state index in [0.29, 0.717) is 0 Å². The van der Waals surface area contributed by atoms with Crippen molar-refractivity contribution in [2.75, 3.05) is 7.11 Å². The van der Waals surface area contributed by atoms with Crippen LogP contribution in [-0.4, -0.2) is 7.11 Å². The largest absolute Gasteiger partial charge is 0.496 e. The lowest BCUT2D eigenvalue weighted by atomic mass is 9.91. The molecule has 2 nitrogen and oxygen atoms in total. The zero-order valence-electron chi connectivity index (χ0n) is 13.7. The van der Waals surface area contributed by atoms with Gasteiger partial charge >= 0.3 is 0 Å². The Hall–Kier alpha value is -3.26. The van der Waals surface area contributed by atoms with Crippen LogP contribution in [0, 0.1) is 0 Å². The topological polar surface area (TPSA) is 22.4 Å². The third-order valence-corrected chi connectivity index (χ3v) is 5.31. The number of benzene rings is 5. The van der Waals surface area contributed by atoms with E-state index in [-0.39, 0.29) is 0 Å². The molecule has 0 aliphatic carbocycles. The Labute approximate surface area is 143 Å². The smallest absolute Gasteiger partial charge is 0.136 e. The maximum absolute atomic E-state index is 6.12. The molecule has 0 saturated carbocycles. The maximum atomic E-state index is 6.12. The summed E-state index contributed by atoms with van der Waals surface area (Å²) in [6.07, 6.45) is 0. The standard InChI is InChI=1S/C23H14O2/c1-24-20-12-17-15-8-4-10-18-22(15)23-16(9-5-11-19(23)25-18)21(17)14-7-3-2-6-13(14)20/h2-12H,1H3. The molecule has 0 aliphatic rings. The molecule has 0 amide bonds. The van der Waals surface area contributed by atoms with Crippen LogP contribution in [0.5, 0.6) is 5.75 Å². The van der Waals surface area contributed by atoms with Crippen LogP contribution >= 0.6 is 0 Å². The molecule has 0 aliphatic heterocycles. The highest BCUT2D eigenvalue weighted by molar-refractivity contribution is 6.37. The zero-order valence-corrected chi connectivity index (χ0v) is 13.7. The summed E-state index contributed by atoms with van der Waals surface area (Å²) in [5.74, 6) is 0.908. The Bertz CT molecular complexity index is 1420. The molecule has 25 heavy (non-hydrogen) atoms. The van der Waals surface area contributed by atoms with Gasteiger partial charge in [-0.15, -0.1) is 0 Å². The summed E-state index contributed by atoms with van der Waals surface area (Å²) in [4.78, 5) is 0. The number of fused-ring (bicyclic) bond motifs is 5. The number of hydrogen-bond acceptors (Lipinski definition) is 2. The van der Waals surface area contributed by atoms with Crippen LogP contribution in [0.25, 0.3) is 54.3 Å². The molecule has 0 atom stereocenters. The highest BCUT2D eigenvalue weighted by atomic mass is 16.5. The van der Waals surface area contributed by atoms with Crippen molar-refractivity contribution in [3.63, 3.8) is 0 Å². The highest BCUT2D eigenvalue weighted by Crippen LogP contribution is 2.46. The minimum Gasteiger partial charge on any atom is -0.496 e. The van der Waals surface area contributed by atoms with E-state index >= 15 is 0 Å². The average molecular weight is 322 g/mol. The molecule has 0 N–H and O–H groups in total. The maximum Gasteiger partial charge on any atom is 0.136 e. The fraction of sp³-hybridized carbons (Fsp3) is 0.0435. The first kappa shape index (κ1) is 13.1. The van der Waals surface area contributed by atoms with E-state index in [9.17, 15) is 0 Å². The van der Waals surface area contributed by atoms with Crippen LogP contribution in [-0.2, 0) is 0 Å². The van der Waals surface area contributed by atoms with E-state index in [4.69, 9.17) is 9.15 Å². The summed E-state index contributed by atoms with van der Waals surface area (Å²) in [5.41, 5.74) is 1.89. The van der Waals surface area contributed by atoms with Crippen molar-refractivity contribution in [3.05, 3.63) is 66.7 Å². The van der Waals surface area contributed by atoms with E-state index in [1.54, 1.807) is 7.11 Å². The molecule has 118 valence electrons. The van der Waals surface area contributed by atoms with Crippen LogP contribution in [0.1, 0.15) is 0 Å². The predicted molar refractivity (Wildman–Crippen MR) is 104 cm³/mol. The van der Waals surface area contributed by atoms with Crippen molar-refractivity contribution in [1.29, 1.82) is 0 Å². The van der Waals surface area contributed by atoms with Gasteiger partial charge in [-0.25, -0.2) is 0 Å². The second-order valence-corrected chi connectivity index (χ2v) is 6.51. The third-order valence-electron chi connectivity index (χ3n) is 5.31. The van der Waals surface area contributed by atoms with Crippen molar-refractivity contribution < 1.29 is 9.15 Å². The van der Waals surface area contributed by atoms with Gasteiger partial charge in [-0.05, 0) is 45.1 Å². The quantitative estimate of drug-likeness (QED) is 0.323. The number of ether oxygens (including phenoxy) is 1. The van der Waals surface area contributed by atoms with Gasteiger partial charge in [0.2, 0.25) is 0 Å². The molecular formula is C23H14O2. The molecule has 0 unspecified atom stereocenters. The van der Waals surface area contributed by atoms with E-state index in [2.05, 4.69) is 60.7 Å². The molecule has 6 rings (SSSR count). The summed E-state index contributed by atoms with van der Waals surface area (Å²) < 4.78 is 11.8. The van der Waals surface area contributed by atoms with Crippen LogP contribution in [0.15, 0.2) is 71.1 Å². The average Bonchev–Trinajstić information content (AvgIpc) is 3.05. The van der Waals surface area contributed by atoms with Gasteiger partial charge in [-0.1, -0.05) is 48.5 Å². The Morgan fingerprint density at radius 3 is 1.96 bits per heavy atom. The van der Waals surface area contributed by atoms with Crippen molar-refractivity contribution in [3.8, 4) is 5.75 Å². The second kappa shape index (κ2) is 4.42. The second-order valence-electron chi connectivity index (χ2n) is 6.51. The summed E-state index contributed by atoms with van der Waals surface area (Å²) in [6, 6.07) is 23.3. The van der Waals surface area contributed by atoms with Gasteiger partial charge in [0.1, 0.15) is 16.9 Å². The molecule has 0 spiro atoms. The lowest BCUT2D eigenvalue weighted by Gasteiger charge is -2.13. The van der Waals surface area contributed by atoms with Gasteiger partial charge in [0, 0.05) is 16.2 Å². The van der Waals surface area contributed by atoms with Crippen LogP contribution in [0.2, 0.25) is 0 Å².